The van der Waals surface area contributed by atoms with Crippen molar-refractivity contribution in [2.24, 2.45) is 0 Å². The second-order valence-corrected chi connectivity index (χ2v) is 7.28. The summed E-state index contributed by atoms with van der Waals surface area (Å²) in [5.41, 5.74) is 0.479. The Morgan fingerprint density at radius 1 is 1.29 bits per heavy atom. The summed E-state index contributed by atoms with van der Waals surface area (Å²) in [5, 5.41) is 3.17. The van der Waals surface area contributed by atoms with Crippen molar-refractivity contribution in [1.29, 1.82) is 0 Å². The highest BCUT2D eigenvalue weighted by molar-refractivity contribution is 7.89. The number of benzene rings is 1. The smallest absolute Gasteiger partial charge is 0.253 e. The van der Waals surface area contributed by atoms with Crippen LogP contribution in [0.5, 0.6) is 0 Å². The van der Waals surface area contributed by atoms with E-state index in [0.717, 1.165) is 0 Å². The lowest BCUT2D eigenvalue weighted by Crippen LogP contribution is -2.52. The van der Waals surface area contributed by atoms with E-state index in [1.54, 1.807) is 26.2 Å². The first-order valence-corrected chi connectivity index (χ1v) is 8.32. The Labute approximate surface area is 125 Å². The predicted molar refractivity (Wildman–Crippen MR) is 80.7 cm³/mol. The van der Waals surface area contributed by atoms with Crippen molar-refractivity contribution >= 4 is 15.9 Å². The highest BCUT2D eigenvalue weighted by atomic mass is 32.2. The summed E-state index contributed by atoms with van der Waals surface area (Å²) in [5.74, 6) is -0.144. The van der Waals surface area contributed by atoms with Crippen LogP contribution in [-0.2, 0) is 10.0 Å². The van der Waals surface area contributed by atoms with Gasteiger partial charge in [0.25, 0.3) is 5.91 Å². The van der Waals surface area contributed by atoms with Crippen LogP contribution in [0, 0.1) is 0 Å². The van der Waals surface area contributed by atoms with Gasteiger partial charge < -0.3 is 10.2 Å². The predicted octanol–water partition coefficient (Wildman–Crippen LogP) is 0.371. The van der Waals surface area contributed by atoms with E-state index in [-0.39, 0.29) is 16.8 Å². The van der Waals surface area contributed by atoms with Gasteiger partial charge in [0.2, 0.25) is 10.0 Å². The third-order valence-electron chi connectivity index (χ3n) is 3.55. The van der Waals surface area contributed by atoms with E-state index < -0.39 is 10.0 Å². The van der Waals surface area contributed by atoms with Crippen molar-refractivity contribution in [2.75, 3.05) is 33.7 Å². The summed E-state index contributed by atoms with van der Waals surface area (Å²) in [6, 6.07) is 6.04. The van der Waals surface area contributed by atoms with E-state index in [1.807, 2.05) is 6.92 Å². The standard InChI is InChI=1S/C14H21N3O3S/c1-11-10-15-8-9-17(11)21(19,20)13-6-4-12(5-7-13)14(18)16(2)3/h4-7,11,15H,8-10H2,1-3H3. The zero-order valence-electron chi connectivity index (χ0n) is 12.5. The number of carbonyl (C=O) groups is 1. The van der Waals surface area contributed by atoms with Crippen LogP contribution in [0.15, 0.2) is 29.2 Å². The third-order valence-corrected chi connectivity index (χ3v) is 5.58. The Kier molecular flexibility index (Phi) is 4.65. The number of hydrogen-bond donors (Lipinski definition) is 1. The van der Waals surface area contributed by atoms with Crippen molar-refractivity contribution in [3.63, 3.8) is 0 Å². The molecule has 1 heterocycles. The fourth-order valence-electron chi connectivity index (χ4n) is 2.34. The molecular weight excluding hydrogens is 290 g/mol. The molecule has 7 heteroatoms. The molecule has 0 bridgehead atoms. The molecule has 0 radical (unpaired) electrons. The Morgan fingerprint density at radius 3 is 2.43 bits per heavy atom. The maximum absolute atomic E-state index is 12.6. The highest BCUT2D eigenvalue weighted by Gasteiger charge is 2.30. The largest absolute Gasteiger partial charge is 0.345 e. The summed E-state index contributed by atoms with van der Waals surface area (Å²) in [4.78, 5) is 13.5. The zero-order chi connectivity index (χ0) is 15.6. The van der Waals surface area contributed by atoms with E-state index >= 15 is 0 Å². The second kappa shape index (κ2) is 6.13. The summed E-state index contributed by atoms with van der Waals surface area (Å²) in [7, 11) is -0.181. The van der Waals surface area contributed by atoms with Crippen LogP contribution >= 0.6 is 0 Å². The molecule has 2 rings (SSSR count). The molecule has 1 amide bonds. The zero-order valence-corrected chi connectivity index (χ0v) is 13.4. The number of piperazine rings is 1. The average molecular weight is 311 g/mol. The minimum Gasteiger partial charge on any atom is -0.345 e. The molecule has 0 saturated carbocycles. The van der Waals surface area contributed by atoms with Gasteiger partial charge in [0.1, 0.15) is 0 Å². The maximum atomic E-state index is 12.6. The molecule has 0 spiro atoms. The van der Waals surface area contributed by atoms with Crippen LogP contribution in [0.3, 0.4) is 0 Å². The Bertz CT molecular complexity index is 611. The molecule has 1 aliphatic heterocycles. The van der Waals surface area contributed by atoms with Crippen molar-refractivity contribution < 1.29 is 13.2 Å². The van der Waals surface area contributed by atoms with Gasteiger partial charge in [-0.25, -0.2) is 8.42 Å². The summed E-state index contributed by atoms with van der Waals surface area (Å²) in [6.07, 6.45) is 0. The van der Waals surface area contributed by atoms with Crippen molar-refractivity contribution in [1.82, 2.24) is 14.5 Å². The molecule has 1 aromatic carbocycles. The molecule has 6 nitrogen and oxygen atoms in total. The maximum Gasteiger partial charge on any atom is 0.253 e. The van der Waals surface area contributed by atoms with Gasteiger partial charge >= 0.3 is 0 Å². The number of hydrogen-bond acceptors (Lipinski definition) is 4. The van der Waals surface area contributed by atoms with Crippen LogP contribution in [0.25, 0.3) is 0 Å². The van der Waals surface area contributed by atoms with Crippen molar-refractivity contribution in [3.8, 4) is 0 Å². The highest BCUT2D eigenvalue weighted by Crippen LogP contribution is 2.20. The van der Waals surface area contributed by atoms with Crippen LogP contribution in [0.1, 0.15) is 17.3 Å². The second-order valence-electron chi connectivity index (χ2n) is 5.39. The molecule has 0 aromatic heterocycles. The number of sulfonamides is 1. The number of carbonyl (C=O) groups excluding carboxylic acids is 1. The summed E-state index contributed by atoms with van der Waals surface area (Å²) < 4.78 is 26.7. The minimum absolute atomic E-state index is 0.0770. The van der Waals surface area contributed by atoms with E-state index in [9.17, 15) is 13.2 Å². The minimum atomic E-state index is -3.51. The van der Waals surface area contributed by atoms with Crippen LogP contribution in [0.4, 0.5) is 0 Å². The van der Waals surface area contributed by atoms with Crippen LogP contribution in [0.2, 0.25) is 0 Å². The molecule has 21 heavy (non-hydrogen) atoms. The van der Waals surface area contributed by atoms with Crippen molar-refractivity contribution in [3.05, 3.63) is 29.8 Å². The van der Waals surface area contributed by atoms with Crippen molar-refractivity contribution in [2.45, 2.75) is 17.9 Å². The molecule has 1 unspecified atom stereocenters. The van der Waals surface area contributed by atoms with Gasteiger partial charge in [-0.3, -0.25) is 4.79 Å². The first-order chi connectivity index (χ1) is 9.84. The van der Waals surface area contributed by atoms with Gasteiger partial charge in [-0.1, -0.05) is 0 Å². The van der Waals surface area contributed by atoms with E-state index in [4.69, 9.17) is 0 Å². The van der Waals surface area contributed by atoms with Crippen LogP contribution in [-0.4, -0.2) is 63.3 Å². The lowest BCUT2D eigenvalue weighted by atomic mass is 10.2. The first-order valence-electron chi connectivity index (χ1n) is 6.88. The van der Waals surface area contributed by atoms with Gasteiger partial charge in [-0.15, -0.1) is 0 Å². The normalized spacial score (nSPS) is 20.2. The summed E-state index contributed by atoms with van der Waals surface area (Å²) in [6.45, 7) is 3.65. The fraction of sp³-hybridized carbons (Fsp3) is 0.500. The summed E-state index contributed by atoms with van der Waals surface area (Å²) >= 11 is 0. The molecule has 1 aromatic rings. The Balaban J connectivity index is 2.27. The van der Waals surface area contributed by atoms with Gasteiger partial charge in [0.15, 0.2) is 0 Å². The quantitative estimate of drug-likeness (QED) is 0.876. The topological polar surface area (TPSA) is 69.7 Å². The fourth-order valence-corrected chi connectivity index (χ4v) is 3.97. The lowest BCUT2D eigenvalue weighted by molar-refractivity contribution is 0.0827. The van der Waals surface area contributed by atoms with E-state index in [2.05, 4.69) is 5.32 Å². The van der Waals surface area contributed by atoms with Gasteiger partial charge in [0.05, 0.1) is 4.90 Å². The molecule has 0 aliphatic carbocycles. The number of rotatable bonds is 3. The van der Waals surface area contributed by atoms with Gasteiger partial charge in [-0.2, -0.15) is 4.31 Å². The Hall–Kier alpha value is -1.44. The number of nitrogens with zero attached hydrogens (tertiary/aromatic N) is 2. The third kappa shape index (κ3) is 3.25. The first kappa shape index (κ1) is 15.9. The Morgan fingerprint density at radius 2 is 1.90 bits per heavy atom. The van der Waals surface area contributed by atoms with Gasteiger partial charge in [-0.05, 0) is 31.2 Å². The molecule has 1 saturated heterocycles. The lowest BCUT2D eigenvalue weighted by Gasteiger charge is -2.32. The SMILES string of the molecule is CC1CNCCN1S(=O)(=O)c1ccc(C(=O)N(C)C)cc1. The van der Waals surface area contributed by atoms with Gasteiger partial charge in [0, 0.05) is 45.3 Å². The van der Waals surface area contributed by atoms with E-state index in [1.165, 1.54) is 21.3 Å². The monoisotopic (exact) mass is 311 g/mol. The molecule has 1 N–H and O–H groups in total. The molecule has 116 valence electrons. The average Bonchev–Trinajstić information content (AvgIpc) is 2.46. The number of amides is 1. The molecule has 1 atom stereocenters. The molecular formula is C14H21N3O3S. The molecule has 1 fully saturated rings. The molecule has 1 aliphatic rings. The van der Waals surface area contributed by atoms with Crippen LogP contribution < -0.4 is 5.32 Å². The number of nitrogens with one attached hydrogen (secondary N) is 1. The van der Waals surface area contributed by atoms with E-state index in [0.29, 0.717) is 25.2 Å².